The Morgan fingerprint density at radius 3 is 2.38 bits per heavy atom. The van der Waals surface area contributed by atoms with Gasteiger partial charge in [-0.15, -0.1) is 0 Å². The summed E-state index contributed by atoms with van der Waals surface area (Å²) in [7, 11) is 2.20. The Kier molecular flexibility index (Phi) is 14.0. The van der Waals surface area contributed by atoms with Gasteiger partial charge in [0.05, 0.1) is 6.61 Å². The molecule has 0 heterocycles. The number of ether oxygens (including phenoxy) is 1. The lowest BCUT2D eigenvalue weighted by Crippen LogP contribution is -2.42. The number of allylic oxidation sites excluding steroid dienone is 5. The van der Waals surface area contributed by atoms with Gasteiger partial charge in [-0.1, -0.05) is 51.2 Å². The smallest absolute Gasteiger partial charge is 0.305 e. The Morgan fingerprint density at radius 2 is 1.88 bits per heavy atom. The van der Waals surface area contributed by atoms with Crippen LogP contribution in [0.3, 0.4) is 0 Å². The van der Waals surface area contributed by atoms with Gasteiger partial charge in [0.1, 0.15) is 0 Å². The second-order valence-electron chi connectivity index (χ2n) is 7.24. The summed E-state index contributed by atoms with van der Waals surface area (Å²) >= 11 is 0. The maximum atomic E-state index is 12.0. The monoisotopic (exact) mass is 363 g/mol. The van der Waals surface area contributed by atoms with E-state index in [1.807, 2.05) is 31.2 Å². The molecule has 0 aliphatic heterocycles. The Balaban J connectivity index is 4.27. The van der Waals surface area contributed by atoms with Crippen molar-refractivity contribution in [3.05, 3.63) is 36.5 Å². The zero-order valence-corrected chi connectivity index (χ0v) is 18.0. The predicted octanol–water partition coefficient (Wildman–Crippen LogP) is 5.92. The lowest BCUT2D eigenvalue weighted by molar-refractivity contribution is -0.144. The summed E-state index contributed by atoms with van der Waals surface area (Å²) in [6.45, 7) is 15.3. The topological polar surface area (TPSA) is 29.5 Å². The van der Waals surface area contributed by atoms with Crippen LogP contribution in [0.4, 0.5) is 0 Å². The van der Waals surface area contributed by atoms with E-state index in [0.717, 1.165) is 37.7 Å². The number of rotatable bonds is 14. The van der Waals surface area contributed by atoms with Crippen molar-refractivity contribution in [3.8, 4) is 0 Å². The Morgan fingerprint density at radius 1 is 1.19 bits per heavy atom. The molecular formula is C23H41NO2. The highest BCUT2D eigenvalue weighted by molar-refractivity contribution is 5.69. The van der Waals surface area contributed by atoms with Crippen molar-refractivity contribution in [1.29, 1.82) is 0 Å². The summed E-state index contributed by atoms with van der Waals surface area (Å²) in [5.74, 6) is 0.482. The van der Waals surface area contributed by atoms with Crippen molar-refractivity contribution >= 4 is 5.97 Å². The first-order valence-corrected chi connectivity index (χ1v) is 10.2. The second kappa shape index (κ2) is 14.8. The van der Waals surface area contributed by atoms with Gasteiger partial charge in [-0.3, -0.25) is 4.79 Å². The minimum Gasteiger partial charge on any atom is -0.466 e. The quantitative estimate of drug-likeness (QED) is 0.283. The maximum Gasteiger partial charge on any atom is 0.305 e. The molecule has 0 radical (unpaired) electrons. The van der Waals surface area contributed by atoms with Gasteiger partial charge in [0.25, 0.3) is 0 Å². The molecule has 0 bridgehead atoms. The normalized spacial score (nSPS) is 14.8. The molecule has 0 N–H and O–H groups in total. The molecule has 3 nitrogen and oxygen atoms in total. The molecule has 0 amide bonds. The maximum absolute atomic E-state index is 12.0. The third-order valence-corrected chi connectivity index (χ3v) is 5.19. The molecule has 2 unspecified atom stereocenters. The van der Waals surface area contributed by atoms with Crippen molar-refractivity contribution < 1.29 is 9.53 Å². The fourth-order valence-corrected chi connectivity index (χ4v) is 3.31. The molecule has 0 aromatic heterocycles. The number of esters is 1. The first kappa shape index (κ1) is 24.7. The molecule has 0 saturated carbocycles. The van der Waals surface area contributed by atoms with Crippen LogP contribution in [0.5, 0.6) is 0 Å². The molecule has 150 valence electrons. The van der Waals surface area contributed by atoms with Crippen molar-refractivity contribution in [2.45, 2.75) is 85.2 Å². The molecule has 0 spiro atoms. The number of carbonyl (C=O) groups excluding carboxylic acids is 1. The van der Waals surface area contributed by atoms with Crippen LogP contribution in [0.25, 0.3) is 0 Å². The Labute approximate surface area is 162 Å². The molecule has 0 fully saturated rings. The SMILES string of the molecule is C=C/C(=C\C=C/C)CCCC(=O)OCCC(CC)C(CC)N(C)C(C)C. The minimum absolute atomic E-state index is 0.0837. The lowest BCUT2D eigenvalue weighted by Gasteiger charge is -2.36. The van der Waals surface area contributed by atoms with Crippen LogP contribution in [0.1, 0.15) is 73.1 Å². The summed E-state index contributed by atoms with van der Waals surface area (Å²) < 4.78 is 5.49. The largest absolute Gasteiger partial charge is 0.466 e. The van der Waals surface area contributed by atoms with Gasteiger partial charge in [-0.05, 0) is 65.0 Å². The van der Waals surface area contributed by atoms with E-state index in [1.54, 1.807) is 0 Å². The number of hydrogen-bond acceptors (Lipinski definition) is 3. The van der Waals surface area contributed by atoms with Gasteiger partial charge in [0.2, 0.25) is 0 Å². The van der Waals surface area contributed by atoms with Crippen LogP contribution in [-0.2, 0) is 9.53 Å². The van der Waals surface area contributed by atoms with E-state index >= 15 is 0 Å². The van der Waals surface area contributed by atoms with Gasteiger partial charge < -0.3 is 9.64 Å². The van der Waals surface area contributed by atoms with Crippen molar-refractivity contribution in [1.82, 2.24) is 4.90 Å². The van der Waals surface area contributed by atoms with E-state index in [0.29, 0.717) is 31.0 Å². The molecule has 0 aromatic rings. The third kappa shape index (κ3) is 9.96. The lowest BCUT2D eigenvalue weighted by atomic mass is 9.90. The summed E-state index contributed by atoms with van der Waals surface area (Å²) in [5.41, 5.74) is 1.16. The van der Waals surface area contributed by atoms with Gasteiger partial charge in [-0.2, -0.15) is 0 Å². The van der Waals surface area contributed by atoms with E-state index in [4.69, 9.17) is 4.74 Å². The highest BCUT2D eigenvalue weighted by Gasteiger charge is 2.24. The molecular weight excluding hydrogens is 322 g/mol. The number of hydrogen-bond donors (Lipinski definition) is 0. The molecule has 0 rings (SSSR count). The summed E-state index contributed by atoms with van der Waals surface area (Å²) in [5, 5.41) is 0. The van der Waals surface area contributed by atoms with Crippen LogP contribution in [0.15, 0.2) is 36.5 Å². The van der Waals surface area contributed by atoms with Crippen molar-refractivity contribution in [2.75, 3.05) is 13.7 Å². The molecule has 2 atom stereocenters. The van der Waals surface area contributed by atoms with E-state index in [2.05, 4.69) is 46.2 Å². The third-order valence-electron chi connectivity index (χ3n) is 5.19. The molecule has 0 aromatic carbocycles. The van der Waals surface area contributed by atoms with Crippen LogP contribution < -0.4 is 0 Å². The van der Waals surface area contributed by atoms with Crippen LogP contribution >= 0.6 is 0 Å². The molecule has 0 aliphatic rings. The molecule has 3 heteroatoms. The second-order valence-corrected chi connectivity index (χ2v) is 7.24. The summed E-state index contributed by atoms with van der Waals surface area (Å²) in [6.07, 6.45) is 13.2. The Bertz CT molecular complexity index is 451. The van der Waals surface area contributed by atoms with E-state index in [9.17, 15) is 4.79 Å². The fourth-order valence-electron chi connectivity index (χ4n) is 3.31. The van der Waals surface area contributed by atoms with Gasteiger partial charge >= 0.3 is 5.97 Å². The minimum atomic E-state index is -0.0837. The zero-order valence-electron chi connectivity index (χ0n) is 18.0. The first-order chi connectivity index (χ1) is 12.4. The van der Waals surface area contributed by atoms with E-state index in [1.165, 1.54) is 0 Å². The number of nitrogens with zero attached hydrogens (tertiary/aromatic N) is 1. The Hall–Kier alpha value is -1.35. The van der Waals surface area contributed by atoms with Crippen LogP contribution in [0.2, 0.25) is 0 Å². The van der Waals surface area contributed by atoms with Gasteiger partial charge in [-0.25, -0.2) is 0 Å². The molecule has 26 heavy (non-hydrogen) atoms. The van der Waals surface area contributed by atoms with E-state index < -0.39 is 0 Å². The summed E-state index contributed by atoms with van der Waals surface area (Å²) in [4.78, 5) is 14.4. The van der Waals surface area contributed by atoms with Crippen LogP contribution in [-0.4, -0.2) is 36.6 Å². The van der Waals surface area contributed by atoms with Crippen LogP contribution in [0, 0.1) is 5.92 Å². The zero-order chi connectivity index (χ0) is 19.9. The molecule has 0 saturated heterocycles. The van der Waals surface area contributed by atoms with Crippen molar-refractivity contribution in [2.24, 2.45) is 5.92 Å². The van der Waals surface area contributed by atoms with Crippen molar-refractivity contribution in [3.63, 3.8) is 0 Å². The highest BCUT2D eigenvalue weighted by atomic mass is 16.5. The number of carbonyl (C=O) groups is 1. The predicted molar refractivity (Wildman–Crippen MR) is 113 cm³/mol. The van der Waals surface area contributed by atoms with Gasteiger partial charge in [0.15, 0.2) is 0 Å². The van der Waals surface area contributed by atoms with E-state index in [-0.39, 0.29) is 5.97 Å². The first-order valence-electron chi connectivity index (χ1n) is 10.2. The average Bonchev–Trinajstić information content (AvgIpc) is 2.63. The standard InChI is InChI=1S/C23H41NO2/c1-8-12-14-20(9-2)15-13-16-23(25)26-18-17-21(10-3)22(11-4)24(7)19(5)6/h8-9,12,14,19,21-22H,2,10-11,13,15-18H2,1,3-7H3/b12-8-,20-14+. The highest BCUT2D eigenvalue weighted by Crippen LogP contribution is 2.22. The molecule has 0 aliphatic carbocycles. The van der Waals surface area contributed by atoms with Gasteiger partial charge in [0, 0.05) is 18.5 Å². The summed E-state index contributed by atoms with van der Waals surface area (Å²) in [6, 6.07) is 1.08. The fraction of sp³-hybridized carbons (Fsp3) is 0.696. The average molecular weight is 364 g/mol.